The number of aromatic nitrogens is 2. The van der Waals surface area contributed by atoms with Crippen LogP contribution in [0.5, 0.6) is 5.75 Å². The molecular formula is C18H24N4O5. The first kappa shape index (κ1) is 19.1. The Morgan fingerprint density at radius 3 is 2.89 bits per heavy atom. The first-order valence-electron chi connectivity index (χ1n) is 8.80. The van der Waals surface area contributed by atoms with Crippen molar-refractivity contribution in [3.8, 4) is 5.75 Å². The fraction of sp³-hybridized carbons (Fsp3) is 0.500. The van der Waals surface area contributed by atoms with Gasteiger partial charge in [-0.1, -0.05) is 0 Å². The average Bonchev–Trinajstić information content (AvgIpc) is 2.67. The molecular weight excluding hydrogens is 352 g/mol. The zero-order chi connectivity index (χ0) is 19.4. The maximum atomic E-state index is 12.3. The van der Waals surface area contributed by atoms with Gasteiger partial charge in [0.1, 0.15) is 5.75 Å². The summed E-state index contributed by atoms with van der Waals surface area (Å²) in [5.41, 5.74) is 1.29. The highest BCUT2D eigenvalue weighted by molar-refractivity contribution is 5.76. The van der Waals surface area contributed by atoms with E-state index >= 15 is 0 Å². The normalized spacial score (nSPS) is 20.5. The Labute approximate surface area is 156 Å². The van der Waals surface area contributed by atoms with Crippen LogP contribution in [0.4, 0.5) is 4.79 Å². The summed E-state index contributed by atoms with van der Waals surface area (Å²) in [6.07, 6.45) is 0.723. The van der Waals surface area contributed by atoms with Crippen LogP contribution in [-0.4, -0.2) is 71.7 Å². The molecule has 1 aromatic heterocycles. The fourth-order valence-electron chi connectivity index (χ4n) is 3.49. The Balaban J connectivity index is 1.72. The Morgan fingerprint density at radius 2 is 2.19 bits per heavy atom. The molecule has 0 unspecified atom stereocenters. The lowest BCUT2D eigenvalue weighted by Crippen LogP contribution is -2.55. The monoisotopic (exact) mass is 376 g/mol. The van der Waals surface area contributed by atoms with Gasteiger partial charge in [-0.3, -0.25) is 9.69 Å². The van der Waals surface area contributed by atoms with E-state index in [9.17, 15) is 9.59 Å². The predicted molar refractivity (Wildman–Crippen MR) is 99.4 cm³/mol. The average molecular weight is 376 g/mol. The molecule has 1 aliphatic rings. The lowest BCUT2D eigenvalue weighted by Gasteiger charge is -2.37. The van der Waals surface area contributed by atoms with Crippen molar-refractivity contribution in [3.05, 3.63) is 34.7 Å². The third kappa shape index (κ3) is 4.37. The first-order chi connectivity index (χ1) is 13.0. The number of amides is 1. The Kier molecular flexibility index (Phi) is 5.92. The highest BCUT2D eigenvalue weighted by atomic mass is 16.5. The minimum Gasteiger partial charge on any atom is -0.497 e. The summed E-state index contributed by atoms with van der Waals surface area (Å²) in [7, 11) is 3.16. The van der Waals surface area contributed by atoms with Crippen LogP contribution in [0, 0.1) is 0 Å². The van der Waals surface area contributed by atoms with Crippen molar-refractivity contribution in [2.45, 2.75) is 25.1 Å². The van der Waals surface area contributed by atoms with E-state index in [2.05, 4.69) is 15.2 Å². The highest BCUT2D eigenvalue weighted by Crippen LogP contribution is 2.18. The van der Waals surface area contributed by atoms with Gasteiger partial charge in [0.15, 0.2) is 0 Å². The molecule has 1 fully saturated rings. The van der Waals surface area contributed by atoms with Crippen LogP contribution in [0.15, 0.2) is 29.2 Å². The van der Waals surface area contributed by atoms with Crippen LogP contribution in [-0.2, 0) is 11.3 Å². The molecule has 27 heavy (non-hydrogen) atoms. The molecule has 1 aromatic carbocycles. The van der Waals surface area contributed by atoms with Crippen molar-refractivity contribution in [2.75, 3.05) is 33.9 Å². The van der Waals surface area contributed by atoms with E-state index in [1.807, 2.05) is 18.2 Å². The molecule has 1 saturated heterocycles. The number of fused-ring (bicyclic) bond motifs is 1. The maximum absolute atomic E-state index is 12.3. The maximum Gasteiger partial charge on any atom is 0.404 e. The second-order valence-electron chi connectivity index (χ2n) is 6.52. The van der Waals surface area contributed by atoms with Crippen LogP contribution in [0.2, 0.25) is 0 Å². The molecule has 2 atom stereocenters. The lowest BCUT2D eigenvalue weighted by molar-refractivity contribution is 0.00609. The number of nitrogens with zero attached hydrogens (tertiary/aromatic N) is 3. The van der Waals surface area contributed by atoms with Crippen molar-refractivity contribution in [1.82, 2.24) is 19.8 Å². The van der Waals surface area contributed by atoms with E-state index in [1.165, 1.54) is 6.20 Å². The van der Waals surface area contributed by atoms with Crippen LogP contribution < -0.4 is 15.6 Å². The number of benzene rings is 1. The van der Waals surface area contributed by atoms with E-state index in [0.717, 1.165) is 17.6 Å². The molecule has 2 heterocycles. The zero-order valence-corrected chi connectivity index (χ0v) is 15.4. The molecule has 0 saturated carbocycles. The van der Waals surface area contributed by atoms with Crippen LogP contribution in [0.3, 0.4) is 0 Å². The molecule has 2 N–H and O–H groups in total. The SMILES string of the molecule is COc1ccc2ncc(=O)n(CCN3CC[C@@H](NC(=O)O)[C@@H](OC)C3)c2c1. The van der Waals surface area contributed by atoms with Crippen LogP contribution in [0.25, 0.3) is 11.0 Å². The number of rotatable bonds is 6. The smallest absolute Gasteiger partial charge is 0.404 e. The minimum absolute atomic E-state index is 0.165. The van der Waals surface area contributed by atoms with E-state index in [4.69, 9.17) is 14.6 Å². The quantitative estimate of drug-likeness (QED) is 0.767. The number of carboxylic acid groups (broad SMARTS) is 1. The summed E-state index contributed by atoms with van der Waals surface area (Å²) in [6, 6.07) is 5.23. The first-order valence-corrected chi connectivity index (χ1v) is 8.80. The Bertz CT molecular complexity index is 868. The van der Waals surface area contributed by atoms with Gasteiger partial charge in [-0.25, -0.2) is 9.78 Å². The van der Waals surface area contributed by atoms with Crippen molar-refractivity contribution < 1.29 is 19.4 Å². The molecule has 1 aliphatic heterocycles. The van der Waals surface area contributed by atoms with Gasteiger partial charge in [-0.15, -0.1) is 0 Å². The van der Waals surface area contributed by atoms with E-state index in [0.29, 0.717) is 31.8 Å². The van der Waals surface area contributed by atoms with Crippen LogP contribution >= 0.6 is 0 Å². The van der Waals surface area contributed by atoms with Crippen molar-refractivity contribution >= 4 is 17.1 Å². The number of ether oxygens (including phenoxy) is 2. The van der Waals surface area contributed by atoms with Gasteiger partial charge >= 0.3 is 6.09 Å². The summed E-state index contributed by atoms with van der Waals surface area (Å²) >= 11 is 0. The van der Waals surface area contributed by atoms with Crippen molar-refractivity contribution in [3.63, 3.8) is 0 Å². The second kappa shape index (κ2) is 8.36. The largest absolute Gasteiger partial charge is 0.497 e. The third-order valence-corrected chi connectivity index (χ3v) is 4.95. The van der Waals surface area contributed by atoms with Crippen molar-refractivity contribution in [1.29, 1.82) is 0 Å². The molecule has 9 heteroatoms. The molecule has 1 amide bonds. The summed E-state index contributed by atoms with van der Waals surface area (Å²) < 4.78 is 12.4. The fourth-order valence-corrected chi connectivity index (χ4v) is 3.49. The lowest BCUT2D eigenvalue weighted by atomic mass is 10.0. The van der Waals surface area contributed by atoms with Gasteiger partial charge in [-0.2, -0.15) is 0 Å². The number of likely N-dealkylation sites (tertiary alicyclic amines) is 1. The predicted octanol–water partition coefficient (Wildman–Crippen LogP) is 0.762. The molecule has 0 aliphatic carbocycles. The van der Waals surface area contributed by atoms with E-state index in [-0.39, 0.29) is 17.7 Å². The third-order valence-electron chi connectivity index (χ3n) is 4.95. The molecule has 9 nitrogen and oxygen atoms in total. The highest BCUT2D eigenvalue weighted by Gasteiger charge is 2.30. The second-order valence-corrected chi connectivity index (χ2v) is 6.52. The number of nitrogens with one attached hydrogen (secondary N) is 1. The zero-order valence-electron chi connectivity index (χ0n) is 15.4. The minimum atomic E-state index is -1.04. The number of methoxy groups -OCH3 is 2. The topological polar surface area (TPSA) is 106 Å². The molecule has 0 spiro atoms. The Hall–Kier alpha value is -2.65. The van der Waals surface area contributed by atoms with Gasteiger partial charge < -0.3 is 24.5 Å². The number of hydrogen-bond acceptors (Lipinski definition) is 6. The summed E-state index contributed by atoms with van der Waals surface area (Å²) in [4.78, 5) is 29.6. The number of piperidine rings is 1. The molecule has 146 valence electrons. The van der Waals surface area contributed by atoms with Crippen LogP contribution in [0.1, 0.15) is 6.42 Å². The summed E-state index contributed by atoms with van der Waals surface area (Å²) in [5, 5.41) is 11.4. The summed E-state index contributed by atoms with van der Waals surface area (Å²) in [6.45, 7) is 2.47. The standard InChI is InChI=1S/C18H24N4O5/c1-26-12-3-4-13-15(9-12)22(17(23)10-19-13)8-7-21-6-5-14(20-18(24)25)16(11-21)27-2/h3-4,9-10,14,16,20H,5-8,11H2,1-2H3,(H,24,25)/t14-,16+/m1/s1. The molecule has 2 aromatic rings. The Morgan fingerprint density at radius 1 is 1.37 bits per heavy atom. The van der Waals surface area contributed by atoms with Gasteiger partial charge in [-0.05, 0) is 18.6 Å². The van der Waals surface area contributed by atoms with Gasteiger partial charge in [0.25, 0.3) is 5.56 Å². The molecule has 0 radical (unpaired) electrons. The van der Waals surface area contributed by atoms with E-state index < -0.39 is 6.09 Å². The molecule has 0 bridgehead atoms. The van der Waals surface area contributed by atoms with E-state index in [1.54, 1.807) is 18.8 Å². The summed E-state index contributed by atoms with van der Waals surface area (Å²) in [5.74, 6) is 0.670. The van der Waals surface area contributed by atoms with Gasteiger partial charge in [0.05, 0.1) is 36.5 Å². The molecule has 3 rings (SSSR count). The van der Waals surface area contributed by atoms with Gasteiger partial charge in [0.2, 0.25) is 0 Å². The van der Waals surface area contributed by atoms with Crippen molar-refractivity contribution in [2.24, 2.45) is 0 Å². The van der Waals surface area contributed by atoms with Gasteiger partial charge in [0, 0.05) is 39.4 Å². The number of hydrogen-bond donors (Lipinski definition) is 2. The number of carbonyl (C=O) groups is 1.